The van der Waals surface area contributed by atoms with Gasteiger partial charge in [-0.25, -0.2) is 4.98 Å². The van der Waals surface area contributed by atoms with Gasteiger partial charge in [0.2, 0.25) is 0 Å². The Kier molecular flexibility index (Phi) is 4.15. The lowest BCUT2D eigenvalue weighted by Gasteiger charge is -2.21. The zero-order valence-corrected chi connectivity index (χ0v) is 21.2. The normalized spacial score (nSPS) is 15.9. The van der Waals surface area contributed by atoms with Crippen molar-refractivity contribution in [1.29, 1.82) is 0 Å². The van der Waals surface area contributed by atoms with Gasteiger partial charge in [-0.3, -0.25) is 0 Å². The van der Waals surface area contributed by atoms with Gasteiger partial charge in [0.1, 0.15) is 5.01 Å². The smallest absolute Gasteiger partial charge is 0.173 e. The third-order valence-corrected chi connectivity index (χ3v) is 8.86. The molecule has 0 spiro atoms. The zero-order chi connectivity index (χ0) is 23.9. The summed E-state index contributed by atoms with van der Waals surface area (Å²) in [7, 11) is 0. The molecule has 0 radical (unpaired) electrons. The first-order valence-electron chi connectivity index (χ1n) is 12.2. The van der Waals surface area contributed by atoms with Crippen LogP contribution >= 0.6 is 11.5 Å². The average molecular weight is 471 g/mol. The van der Waals surface area contributed by atoms with Gasteiger partial charge in [-0.05, 0) is 68.2 Å². The predicted molar refractivity (Wildman–Crippen MR) is 146 cm³/mol. The van der Waals surface area contributed by atoms with Crippen LogP contribution < -0.4 is 0 Å². The minimum absolute atomic E-state index is 0.0135. The first-order valence-corrected chi connectivity index (χ1v) is 13.0. The van der Waals surface area contributed by atoms with Gasteiger partial charge in [0.25, 0.3) is 0 Å². The van der Waals surface area contributed by atoms with Crippen molar-refractivity contribution >= 4 is 11.5 Å². The van der Waals surface area contributed by atoms with Gasteiger partial charge in [-0.15, -0.1) is 0 Å². The van der Waals surface area contributed by atoms with Gasteiger partial charge >= 0.3 is 0 Å². The van der Waals surface area contributed by atoms with Crippen molar-refractivity contribution in [3.63, 3.8) is 0 Å². The number of benzene rings is 4. The van der Waals surface area contributed by atoms with Gasteiger partial charge in [0.15, 0.2) is 5.82 Å². The zero-order valence-electron chi connectivity index (χ0n) is 20.4. The second-order valence-corrected chi connectivity index (χ2v) is 11.5. The molecule has 0 unspecified atom stereocenters. The lowest BCUT2D eigenvalue weighted by atomic mass is 9.82. The van der Waals surface area contributed by atoms with E-state index in [1.807, 2.05) is 0 Å². The first-order chi connectivity index (χ1) is 16.9. The Bertz CT molecular complexity index is 1530. The van der Waals surface area contributed by atoms with Crippen molar-refractivity contribution in [3.8, 4) is 44.2 Å². The quantitative estimate of drug-likeness (QED) is 0.258. The van der Waals surface area contributed by atoms with Gasteiger partial charge in [0, 0.05) is 22.0 Å². The van der Waals surface area contributed by atoms with E-state index in [4.69, 9.17) is 9.36 Å². The highest BCUT2D eigenvalue weighted by Crippen LogP contribution is 2.51. The lowest BCUT2D eigenvalue weighted by molar-refractivity contribution is 0.660. The molecule has 0 saturated carbocycles. The van der Waals surface area contributed by atoms with Crippen LogP contribution in [-0.4, -0.2) is 9.36 Å². The maximum atomic E-state index is 4.99. The third-order valence-electron chi connectivity index (χ3n) is 8.10. The maximum absolute atomic E-state index is 4.99. The summed E-state index contributed by atoms with van der Waals surface area (Å²) >= 11 is 1.48. The van der Waals surface area contributed by atoms with Crippen LogP contribution in [0.3, 0.4) is 0 Å². The Morgan fingerprint density at radius 2 is 1.03 bits per heavy atom. The number of rotatable bonds is 2. The Morgan fingerprint density at radius 3 is 1.63 bits per heavy atom. The summed E-state index contributed by atoms with van der Waals surface area (Å²) in [5, 5.41) is 0.964. The largest absolute Gasteiger partial charge is 0.215 e. The van der Waals surface area contributed by atoms with E-state index < -0.39 is 0 Å². The summed E-state index contributed by atoms with van der Waals surface area (Å²) in [4.78, 5) is 4.99. The molecule has 2 nitrogen and oxygen atoms in total. The minimum atomic E-state index is 0.0135. The molecule has 1 aromatic heterocycles. The lowest BCUT2D eigenvalue weighted by Crippen LogP contribution is -2.14. The van der Waals surface area contributed by atoms with Crippen molar-refractivity contribution < 1.29 is 0 Å². The summed E-state index contributed by atoms with van der Waals surface area (Å²) in [6, 6.07) is 31.0. The number of fused-ring (bicyclic) bond motifs is 6. The Labute approximate surface area is 210 Å². The van der Waals surface area contributed by atoms with E-state index in [1.54, 1.807) is 0 Å². The highest BCUT2D eigenvalue weighted by Gasteiger charge is 2.36. The number of nitrogens with zero attached hydrogens (tertiary/aromatic N) is 2. The average Bonchev–Trinajstić information content (AvgIpc) is 3.52. The van der Waals surface area contributed by atoms with Gasteiger partial charge in [0.05, 0.1) is 0 Å². The van der Waals surface area contributed by atoms with E-state index in [1.165, 1.54) is 56.0 Å². The molecule has 0 atom stereocenters. The molecule has 0 aliphatic heterocycles. The molecule has 0 N–H and O–H groups in total. The molecule has 4 aromatic carbocycles. The van der Waals surface area contributed by atoms with Crippen molar-refractivity contribution in [2.45, 2.75) is 38.5 Å². The van der Waals surface area contributed by atoms with Crippen LogP contribution in [0.1, 0.15) is 49.9 Å². The first kappa shape index (κ1) is 20.8. The Balaban J connectivity index is 1.30. The van der Waals surface area contributed by atoms with Crippen molar-refractivity contribution in [1.82, 2.24) is 9.36 Å². The number of aromatic nitrogens is 2. The monoisotopic (exact) mass is 470 g/mol. The SMILES string of the molecule is CC1(C)c2ccccc2-c2cc(-c3nsc(-c4ccc5c(c4)-c4ccccc4C5(C)C)n3)ccc21. The van der Waals surface area contributed by atoms with E-state index in [2.05, 4.69) is 113 Å². The van der Waals surface area contributed by atoms with Crippen LogP contribution in [0.5, 0.6) is 0 Å². The molecule has 0 bridgehead atoms. The second-order valence-electron chi connectivity index (χ2n) is 10.8. The van der Waals surface area contributed by atoms with Gasteiger partial charge in [-0.2, -0.15) is 4.37 Å². The molecule has 7 rings (SSSR count). The van der Waals surface area contributed by atoms with Crippen molar-refractivity contribution in [2.75, 3.05) is 0 Å². The minimum Gasteiger partial charge on any atom is -0.215 e. The molecule has 2 aliphatic rings. The van der Waals surface area contributed by atoms with Crippen LogP contribution in [0.25, 0.3) is 44.2 Å². The molecule has 5 aromatic rings. The molecular formula is C32H26N2S. The van der Waals surface area contributed by atoms with Crippen LogP contribution in [0.2, 0.25) is 0 Å². The van der Waals surface area contributed by atoms with Crippen LogP contribution in [-0.2, 0) is 10.8 Å². The second kappa shape index (κ2) is 6.99. The van der Waals surface area contributed by atoms with E-state index >= 15 is 0 Å². The van der Waals surface area contributed by atoms with Gasteiger partial charge < -0.3 is 0 Å². The molecule has 0 amide bonds. The fraction of sp³-hybridized carbons (Fsp3) is 0.188. The summed E-state index contributed by atoms with van der Waals surface area (Å²) in [5.74, 6) is 0.802. The fourth-order valence-electron chi connectivity index (χ4n) is 6.17. The molecule has 0 saturated heterocycles. The highest BCUT2D eigenvalue weighted by molar-refractivity contribution is 7.09. The molecule has 1 heterocycles. The molecule has 170 valence electrons. The Hall–Kier alpha value is -3.56. The molecular weight excluding hydrogens is 444 g/mol. The van der Waals surface area contributed by atoms with E-state index in [0.717, 1.165) is 22.0 Å². The number of hydrogen-bond acceptors (Lipinski definition) is 3. The van der Waals surface area contributed by atoms with Gasteiger partial charge in [-0.1, -0.05) is 100 Å². The van der Waals surface area contributed by atoms with Crippen LogP contribution in [0.4, 0.5) is 0 Å². The summed E-state index contributed by atoms with van der Waals surface area (Å²) in [5.41, 5.74) is 13.1. The molecule has 2 aliphatic carbocycles. The fourth-order valence-corrected chi connectivity index (χ4v) is 6.85. The molecule has 0 fully saturated rings. The molecule has 3 heteroatoms. The number of hydrogen-bond donors (Lipinski definition) is 0. The van der Waals surface area contributed by atoms with E-state index in [-0.39, 0.29) is 10.8 Å². The van der Waals surface area contributed by atoms with Crippen LogP contribution in [0, 0.1) is 0 Å². The summed E-state index contributed by atoms with van der Waals surface area (Å²) in [6.07, 6.45) is 0. The third kappa shape index (κ3) is 2.82. The highest BCUT2D eigenvalue weighted by atomic mass is 32.1. The van der Waals surface area contributed by atoms with E-state index in [9.17, 15) is 0 Å². The Morgan fingerprint density at radius 1 is 0.543 bits per heavy atom. The predicted octanol–water partition coefficient (Wildman–Crippen LogP) is 8.48. The summed E-state index contributed by atoms with van der Waals surface area (Å²) in [6.45, 7) is 9.25. The van der Waals surface area contributed by atoms with Crippen molar-refractivity contribution in [3.05, 3.63) is 107 Å². The van der Waals surface area contributed by atoms with Crippen LogP contribution in [0.15, 0.2) is 84.9 Å². The standard InChI is InChI=1S/C32H26N2S/c1-31(2)25-11-7-5-9-21(25)23-17-19(13-15-27(23)31)29-33-30(35-34-29)20-14-16-28-24(18-20)22-10-6-8-12-26(22)32(28,3)4/h5-18H,1-4H3. The topological polar surface area (TPSA) is 25.8 Å². The van der Waals surface area contributed by atoms with E-state index in [0.29, 0.717) is 0 Å². The van der Waals surface area contributed by atoms with Crippen molar-refractivity contribution in [2.24, 2.45) is 0 Å². The summed E-state index contributed by atoms with van der Waals surface area (Å²) < 4.78 is 4.78. The maximum Gasteiger partial charge on any atom is 0.173 e. The molecule has 35 heavy (non-hydrogen) atoms.